The second-order valence-corrected chi connectivity index (χ2v) is 4.84. The Kier molecular flexibility index (Phi) is 4.39. The number of nitrogens with zero attached hydrogens (tertiary/aromatic N) is 1. The molecule has 88 valence electrons. The van der Waals surface area contributed by atoms with E-state index in [0.717, 1.165) is 13.0 Å². The van der Waals surface area contributed by atoms with E-state index in [0.29, 0.717) is 11.9 Å². The monoisotopic (exact) mass is 213 g/mol. The minimum absolute atomic E-state index is 0.276. The van der Waals surface area contributed by atoms with Gasteiger partial charge in [-0.05, 0) is 31.6 Å². The van der Waals surface area contributed by atoms with Gasteiger partial charge in [0.15, 0.2) is 0 Å². The Balaban J connectivity index is 2.25. The fraction of sp³-hybridized carbons (Fsp3) is 0.909. The summed E-state index contributed by atoms with van der Waals surface area (Å²) in [6, 6.07) is 0.569. The van der Waals surface area contributed by atoms with E-state index in [1.807, 2.05) is 0 Å². The standard InChI is InChI=1S/C11H23N3O/c1-3-4-9(2)13-8-11(5-6-11)7-10(12)14-15/h9,13,15H,3-8H2,1-2H3,(H2,12,14). The summed E-state index contributed by atoms with van der Waals surface area (Å²) < 4.78 is 0. The van der Waals surface area contributed by atoms with Gasteiger partial charge in [0.1, 0.15) is 5.84 Å². The zero-order valence-corrected chi connectivity index (χ0v) is 9.79. The average molecular weight is 213 g/mol. The maximum atomic E-state index is 8.53. The van der Waals surface area contributed by atoms with Crippen molar-refractivity contribution >= 4 is 5.84 Å². The highest BCUT2D eigenvalue weighted by Gasteiger charge is 2.43. The molecule has 4 heteroatoms. The van der Waals surface area contributed by atoms with Crippen LogP contribution in [0.4, 0.5) is 0 Å². The molecule has 0 heterocycles. The van der Waals surface area contributed by atoms with E-state index in [2.05, 4.69) is 24.3 Å². The summed E-state index contributed by atoms with van der Waals surface area (Å²) in [5, 5.41) is 15.1. The molecule has 0 aromatic rings. The van der Waals surface area contributed by atoms with Crippen LogP contribution in [-0.4, -0.2) is 23.6 Å². The lowest BCUT2D eigenvalue weighted by Gasteiger charge is -2.19. The van der Waals surface area contributed by atoms with E-state index in [1.165, 1.54) is 25.7 Å². The van der Waals surface area contributed by atoms with Crippen molar-refractivity contribution in [2.24, 2.45) is 16.3 Å². The fourth-order valence-corrected chi connectivity index (χ4v) is 1.94. The van der Waals surface area contributed by atoms with Crippen LogP contribution in [0.1, 0.15) is 46.0 Å². The lowest BCUT2D eigenvalue weighted by Crippen LogP contribution is -2.34. The lowest BCUT2D eigenvalue weighted by atomic mass is 10.0. The third-order valence-electron chi connectivity index (χ3n) is 3.19. The number of rotatable bonds is 7. The highest BCUT2D eigenvalue weighted by Crippen LogP contribution is 2.48. The van der Waals surface area contributed by atoms with Gasteiger partial charge in [0, 0.05) is 19.0 Å². The van der Waals surface area contributed by atoms with Crippen molar-refractivity contribution in [2.45, 2.75) is 52.0 Å². The van der Waals surface area contributed by atoms with Gasteiger partial charge >= 0.3 is 0 Å². The smallest absolute Gasteiger partial charge is 0.139 e. The van der Waals surface area contributed by atoms with E-state index in [9.17, 15) is 0 Å². The number of oxime groups is 1. The van der Waals surface area contributed by atoms with Crippen molar-refractivity contribution in [1.29, 1.82) is 0 Å². The molecule has 0 amide bonds. The van der Waals surface area contributed by atoms with E-state index in [4.69, 9.17) is 10.9 Å². The average Bonchev–Trinajstić information content (AvgIpc) is 2.96. The molecule has 0 aliphatic heterocycles. The van der Waals surface area contributed by atoms with Gasteiger partial charge in [0.25, 0.3) is 0 Å². The zero-order chi connectivity index (χ0) is 11.3. The summed E-state index contributed by atoms with van der Waals surface area (Å²) in [5.74, 6) is 0.359. The molecule has 0 aromatic carbocycles. The molecule has 1 saturated carbocycles. The second kappa shape index (κ2) is 5.35. The molecule has 1 atom stereocenters. The van der Waals surface area contributed by atoms with Crippen LogP contribution >= 0.6 is 0 Å². The normalized spacial score (nSPS) is 21.3. The van der Waals surface area contributed by atoms with Crippen molar-refractivity contribution in [2.75, 3.05) is 6.54 Å². The first-order valence-electron chi connectivity index (χ1n) is 5.81. The zero-order valence-electron chi connectivity index (χ0n) is 9.79. The summed E-state index contributed by atoms with van der Waals surface area (Å²) in [7, 11) is 0. The van der Waals surface area contributed by atoms with Crippen LogP contribution in [0.25, 0.3) is 0 Å². The molecule has 0 radical (unpaired) electrons. The van der Waals surface area contributed by atoms with Crippen LogP contribution in [0.3, 0.4) is 0 Å². The molecular weight excluding hydrogens is 190 g/mol. The molecule has 0 bridgehead atoms. The van der Waals surface area contributed by atoms with Crippen LogP contribution in [-0.2, 0) is 0 Å². The van der Waals surface area contributed by atoms with Crippen LogP contribution in [0, 0.1) is 5.41 Å². The lowest BCUT2D eigenvalue weighted by molar-refractivity contribution is 0.313. The van der Waals surface area contributed by atoms with E-state index >= 15 is 0 Å². The summed E-state index contributed by atoms with van der Waals surface area (Å²) in [6.45, 7) is 5.40. The van der Waals surface area contributed by atoms with Gasteiger partial charge in [-0.1, -0.05) is 18.5 Å². The number of nitrogens with two attached hydrogens (primary N) is 1. The molecule has 1 unspecified atom stereocenters. The van der Waals surface area contributed by atoms with Crippen LogP contribution < -0.4 is 11.1 Å². The maximum Gasteiger partial charge on any atom is 0.139 e. The van der Waals surface area contributed by atoms with Crippen LogP contribution in [0.5, 0.6) is 0 Å². The van der Waals surface area contributed by atoms with Crippen molar-refractivity contribution in [3.63, 3.8) is 0 Å². The molecule has 15 heavy (non-hydrogen) atoms. The fourth-order valence-electron chi connectivity index (χ4n) is 1.94. The van der Waals surface area contributed by atoms with Crippen molar-refractivity contribution in [3.05, 3.63) is 0 Å². The minimum Gasteiger partial charge on any atom is -0.409 e. The Labute approximate surface area is 91.9 Å². The van der Waals surface area contributed by atoms with Gasteiger partial charge < -0.3 is 16.3 Å². The molecule has 1 aliphatic carbocycles. The molecular formula is C11H23N3O. The Morgan fingerprint density at radius 3 is 2.73 bits per heavy atom. The molecule has 4 N–H and O–H groups in total. The van der Waals surface area contributed by atoms with Gasteiger partial charge in [0.2, 0.25) is 0 Å². The van der Waals surface area contributed by atoms with E-state index < -0.39 is 0 Å². The third-order valence-corrected chi connectivity index (χ3v) is 3.19. The maximum absolute atomic E-state index is 8.53. The Hall–Kier alpha value is -0.770. The largest absolute Gasteiger partial charge is 0.409 e. The molecule has 1 rings (SSSR count). The number of hydrogen-bond donors (Lipinski definition) is 3. The van der Waals surface area contributed by atoms with Crippen LogP contribution in [0.15, 0.2) is 5.16 Å². The Bertz CT molecular complexity index is 224. The van der Waals surface area contributed by atoms with Gasteiger partial charge in [0.05, 0.1) is 0 Å². The van der Waals surface area contributed by atoms with Crippen molar-refractivity contribution in [1.82, 2.24) is 5.32 Å². The second-order valence-electron chi connectivity index (χ2n) is 4.84. The predicted molar refractivity (Wildman–Crippen MR) is 62.1 cm³/mol. The quantitative estimate of drug-likeness (QED) is 0.261. The van der Waals surface area contributed by atoms with Gasteiger partial charge in [-0.25, -0.2) is 0 Å². The first kappa shape index (κ1) is 12.3. The van der Waals surface area contributed by atoms with Gasteiger partial charge in [-0.15, -0.1) is 0 Å². The number of amidine groups is 1. The Morgan fingerprint density at radius 1 is 1.60 bits per heavy atom. The SMILES string of the molecule is CCCC(C)NCC1(CC(N)=NO)CC1. The summed E-state index contributed by atoms with van der Waals surface area (Å²) in [4.78, 5) is 0. The molecule has 1 aliphatic rings. The highest BCUT2D eigenvalue weighted by atomic mass is 16.4. The number of hydrogen-bond acceptors (Lipinski definition) is 3. The molecule has 1 fully saturated rings. The van der Waals surface area contributed by atoms with Crippen molar-refractivity contribution < 1.29 is 5.21 Å². The van der Waals surface area contributed by atoms with Gasteiger partial charge in [-0.3, -0.25) is 0 Å². The molecule has 0 spiro atoms. The molecule has 0 aromatic heterocycles. The first-order chi connectivity index (χ1) is 7.12. The third kappa shape index (κ3) is 4.08. The predicted octanol–water partition coefficient (Wildman–Crippen LogP) is 1.68. The summed E-state index contributed by atoms with van der Waals surface area (Å²) in [6.07, 6.45) is 5.51. The van der Waals surface area contributed by atoms with Crippen LogP contribution in [0.2, 0.25) is 0 Å². The highest BCUT2D eigenvalue weighted by molar-refractivity contribution is 5.80. The summed E-state index contributed by atoms with van der Waals surface area (Å²) >= 11 is 0. The summed E-state index contributed by atoms with van der Waals surface area (Å²) in [5.41, 5.74) is 5.81. The van der Waals surface area contributed by atoms with E-state index in [1.54, 1.807) is 0 Å². The van der Waals surface area contributed by atoms with Crippen molar-refractivity contribution in [3.8, 4) is 0 Å². The number of nitrogens with one attached hydrogen (secondary N) is 1. The van der Waals surface area contributed by atoms with E-state index in [-0.39, 0.29) is 5.41 Å². The molecule has 0 saturated heterocycles. The minimum atomic E-state index is 0.276. The molecule has 4 nitrogen and oxygen atoms in total. The van der Waals surface area contributed by atoms with Gasteiger partial charge in [-0.2, -0.15) is 0 Å². The first-order valence-corrected chi connectivity index (χ1v) is 5.81. The Morgan fingerprint density at radius 2 is 2.27 bits per heavy atom. The topological polar surface area (TPSA) is 70.6 Å².